The highest BCUT2D eigenvalue weighted by Gasteiger charge is 2.12. The first-order chi connectivity index (χ1) is 9.93. The van der Waals surface area contributed by atoms with Crippen molar-refractivity contribution in [1.82, 2.24) is 0 Å². The van der Waals surface area contributed by atoms with Crippen LogP contribution in [0.4, 0.5) is 5.69 Å². The molecule has 1 amide bonds. The lowest BCUT2D eigenvalue weighted by molar-refractivity contribution is -0.142. The molecule has 0 aromatic heterocycles. The molecule has 0 spiro atoms. The van der Waals surface area contributed by atoms with E-state index in [1.54, 1.807) is 13.0 Å². The largest absolute Gasteiger partial charge is 0.507 e. The summed E-state index contributed by atoms with van der Waals surface area (Å²) < 4.78 is 4.92. The van der Waals surface area contributed by atoms with Crippen LogP contribution in [0.5, 0.6) is 5.75 Å². The van der Waals surface area contributed by atoms with Crippen LogP contribution in [0.1, 0.15) is 25.8 Å². The van der Waals surface area contributed by atoms with Crippen LogP contribution >= 0.6 is 15.9 Å². The summed E-state index contributed by atoms with van der Waals surface area (Å²) >= 11 is 3.16. The summed E-state index contributed by atoms with van der Waals surface area (Å²) in [6.07, 6.45) is -0.354. The van der Waals surface area contributed by atoms with E-state index in [0.29, 0.717) is 10.2 Å². The topological polar surface area (TPSA) is 92.7 Å². The number of carbonyl (C=O) groups is 3. The molecule has 0 bridgehead atoms. The van der Waals surface area contributed by atoms with Crippen molar-refractivity contribution in [1.29, 1.82) is 0 Å². The smallest absolute Gasteiger partial charge is 0.315 e. The third kappa shape index (κ3) is 8.09. The van der Waals surface area contributed by atoms with E-state index in [-0.39, 0.29) is 12.2 Å². The van der Waals surface area contributed by atoms with Gasteiger partial charge in [0.15, 0.2) is 0 Å². The Balaban J connectivity index is 0. The van der Waals surface area contributed by atoms with Crippen molar-refractivity contribution in [3.8, 4) is 5.75 Å². The predicted molar refractivity (Wildman–Crippen MR) is 84.3 cm³/mol. The molecule has 0 saturated carbocycles. The Hall–Kier alpha value is -1.89. The monoisotopic (exact) mass is 361 g/mol. The number of ether oxygens (including phenoxy) is 1. The number of nitrogens with one attached hydrogen (secondary N) is 1. The number of amides is 1. The standard InChI is InChI=1S/C11H12BrNO4.C2H6.CH2O/c1-6-3-7(12)9(14)4-8(6)13-10(15)5-11(16)17-2;2*1-2/h3-4,14H,5H2,1-2H3,(H,13,15);1-2H3;1H2. The Kier molecular flexibility index (Phi) is 12.1. The van der Waals surface area contributed by atoms with E-state index in [4.69, 9.17) is 4.79 Å². The maximum absolute atomic E-state index is 11.4. The molecule has 0 fully saturated rings. The highest BCUT2D eigenvalue weighted by molar-refractivity contribution is 9.10. The first-order valence-electron chi connectivity index (χ1n) is 6.08. The lowest BCUT2D eigenvalue weighted by atomic mass is 10.2. The number of rotatable bonds is 3. The molecule has 7 heteroatoms. The summed E-state index contributed by atoms with van der Waals surface area (Å²) in [4.78, 5) is 30.3. The molecule has 0 heterocycles. The van der Waals surface area contributed by atoms with Crippen molar-refractivity contribution in [2.24, 2.45) is 0 Å². The highest BCUT2D eigenvalue weighted by atomic mass is 79.9. The molecule has 1 aromatic rings. The minimum Gasteiger partial charge on any atom is -0.507 e. The van der Waals surface area contributed by atoms with E-state index in [1.165, 1.54) is 13.2 Å². The molecular formula is C14H20BrNO5. The Morgan fingerprint density at radius 2 is 1.86 bits per heavy atom. The van der Waals surface area contributed by atoms with Gasteiger partial charge in [0.2, 0.25) is 5.91 Å². The van der Waals surface area contributed by atoms with Crippen LogP contribution in [0.2, 0.25) is 0 Å². The van der Waals surface area contributed by atoms with Crippen molar-refractivity contribution < 1.29 is 24.2 Å². The van der Waals surface area contributed by atoms with E-state index in [1.807, 2.05) is 20.6 Å². The van der Waals surface area contributed by atoms with Gasteiger partial charge in [-0.25, -0.2) is 0 Å². The number of hydrogen-bond acceptors (Lipinski definition) is 5. The number of phenolic OH excluding ortho intramolecular Hbond substituents is 1. The lowest BCUT2D eigenvalue weighted by Crippen LogP contribution is -2.17. The molecule has 0 atom stereocenters. The fourth-order valence-corrected chi connectivity index (χ4v) is 1.65. The second-order valence-electron chi connectivity index (χ2n) is 3.42. The first-order valence-corrected chi connectivity index (χ1v) is 6.88. The number of benzene rings is 1. The third-order valence-corrected chi connectivity index (χ3v) is 2.74. The Morgan fingerprint density at radius 1 is 1.33 bits per heavy atom. The minimum absolute atomic E-state index is 0.0176. The van der Waals surface area contributed by atoms with Crippen molar-refractivity contribution in [2.45, 2.75) is 27.2 Å². The number of methoxy groups -OCH3 is 1. The molecule has 0 radical (unpaired) electrons. The number of anilines is 1. The maximum Gasteiger partial charge on any atom is 0.315 e. The van der Waals surface area contributed by atoms with Gasteiger partial charge in [-0.2, -0.15) is 0 Å². The van der Waals surface area contributed by atoms with Gasteiger partial charge in [-0.1, -0.05) is 13.8 Å². The Labute approximate surface area is 132 Å². The van der Waals surface area contributed by atoms with E-state index < -0.39 is 11.9 Å². The summed E-state index contributed by atoms with van der Waals surface area (Å²) in [5.41, 5.74) is 1.23. The normalized spacial score (nSPS) is 8.43. The zero-order chi connectivity index (χ0) is 17.0. The molecule has 0 aliphatic carbocycles. The quantitative estimate of drug-likeness (QED) is 0.637. The summed E-state index contributed by atoms with van der Waals surface area (Å²) in [7, 11) is 1.21. The van der Waals surface area contributed by atoms with E-state index in [2.05, 4.69) is 26.0 Å². The van der Waals surface area contributed by atoms with Crippen LogP contribution in [0, 0.1) is 6.92 Å². The van der Waals surface area contributed by atoms with Gasteiger partial charge in [0.1, 0.15) is 19.0 Å². The second kappa shape index (κ2) is 11.9. The molecular weight excluding hydrogens is 342 g/mol. The average Bonchev–Trinajstić information content (AvgIpc) is 2.48. The number of esters is 1. The zero-order valence-corrected chi connectivity index (χ0v) is 14.1. The van der Waals surface area contributed by atoms with Gasteiger partial charge in [0.05, 0.1) is 11.6 Å². The van der Waals surface area contributed by atoms with Gasteiger partial charge in [-0.05, 0) is 34.5 Å². The van der Waals surface area contributed by atoms with Gasteiger partial charge in [-0.15, -0.1) is 0 Å². The SMILES string of the molecule is C=O.CC.COC(=O)CC(=O)Nc1cc(O)c(Br)cc1C. The number of hydrogen-bond donors (Lipinski definition) is 2. The molecule has 0 saturated heterocycles. The lowest BCUT2D eigenvalue weighted by Gasteiger charge is -2.09. The van der Waals surface area contributed by atoms with Gasteiger partial charge >= 0.3 is 5.97 Å². The van der Waals surface area contributed by atoms with Crippen LogP contribution in [0.3, 0.4) is 0 Å². The molecule has 0 unspecified atom stereocenters. The fourth-order valence-electron chi connectivity index (χ4n) is 1.19. The Bertz CT molecular complexity index is 477. The number of halogens is 1. The summed E-state index contributed by atoms with van der Waals surface area (Å²) in [5, 5.41) is 12.0. The first kappa shape index (κ1) is 21.4. The predicted octanol–water partition coefficient (Wildman–Crippen LogP) is 2.81. The molecule has 118 valence electrons. The molecule has 2 N–H and O–H groups in total. The van der Waals surface area contributed by atoms with Gasteiger partial charge in [0.25, 0.3) is 0 Å². The van der Waals surface area contributed by atoms with E-state index in [0.717, 1.165) is 5.56 Å². The molecule has 0 aliphatic rings. The molecule has 1 rings (SSSR count). The number of carbonyl (C=O) groups excluding carboxylic acids is 3. The molecule has 1 aromatic carbocycles. The minimum atomic E-state index is -0.610. The van der Waals surface area contributed by atoms with Gasteiger partial charge in [0, 0.05) is 11.8 Å². The van der Waals surface area contributed by atoms with Gasteiger partial charge < -0.3 is 20.0 Å². The van der Waals surface area contributed by atoms with Crippen LogP contribution < -0.4 is 5.32 Å². The molecule has 21 heavy (non-hydrogen) atoms. The fraction of sp³-hybridized carbons (Fsp3) is 0.357. The second-order valence-corrected chi connectivity index (χ2v) is 4.27. The van der Waals surface area contributed by atoms with E-state index >= 15 is 0 Å². The van der Waals surface area contributed by atoms with E-state index in [9.17, 15) is 14.7 Å². The van der Waals surface area contributed by atoms with Crippen molar-refractivity contribution in [3.05, 3.63) is 22.2 Å². The van der Waals surface area contributed by atoms with Crippen LogP contribution in [0.15, 0.2) is 16.6 Å². The number of phenols is 1. The van der Waals surface area contributed by atoms with Crippen molar-refractivity contribution in [3.63, 3.8) is 0 Å². The van der Waals surface area contributed by atoms with Crippen LogP contribution in [-0.4, -0.2) is 30.9 Å². The number of aromatic hydroxyl groups is 1. The average molecular weight is 362 g/mol. The van der Waals surface area contributed by atoms with Crippen molar-refractivity contribution >= 4 is 40.3 Å². The molecule has 6 nitrogen and oxygen atoms in total. The summed E-state index contributed by atoms with van der Waals surface area (Å²) in [6, 6.07) is 3.08. The van der Waals surface area contributed by atoms with Crippen LogP contribution in [0.25, 0.3) is 0 Å². The Morgan fingerprint density at radius 3 is 2.33 bits per heavy atom. The van der Waals surface area contributed by atoms with Crippen molar-refractivity contribution in [2.75, 3.05) is 12.4 Å². The van der Waals surface area contributed by atoms with Crippen LogP contribution in [-0.2, 0) is 19.1 Å². The molecule has 0 aliphatic heterocycles. The maximum atomic E-state index is 11.4. The highest BCUT2D eigenvalue weighted by Crippen LogP contribution is 2.30. The number of aryl methyl sites for hydroxylation is 1. The summed E-state index contributed by atoms with van der Waals surface area (Å²) in [6.45, 7) is 7.78. The zero-order valence-electron chi connectivity index (χ0n) is 12.5. The van der Waals surface area contributed by atoms with Gasteiger partial charge in [-0.3, -0.25) is 9.59 Å². The third-order valence-electron chi connectivity index (χ3n) is 2.10. The summed E-state index contributed by atoms with van der Waals surface area (Å²) in [5.74, 6) is -1.08.